The molecule has 0 amide bonds. The highest BCUT2D eigenvalue weighted by atomic mass is 16.5. The number of aliphatic hydroxyl groups excluding tert-OH is 1. The zero-order valence-electron chi connectivity index (χ0n) is 9.66. The average molecular weight is 216 g/mol. The van der Waals surface area contributed by atoms with E-state index in [0.717, 1.165) is 12.8 Å². The quantitative estimate of drug-likeness (QED) is 0.718. The minimum Gasteiger partial charge on any atom is -0.469 e. The van der Waals surface area contributed by atoms with Crippen LogP contribution in [0.2, 0.25) is 0 Å². The van der Waals surface area contributed by atoms with E-state index in [1.807, 2.05) is 13.8 Å². The van der Waals surface area contributed by atoms with Crippen molar-refractivity contribution >= 4 is 5.97 Å². The highest BCUT2D eigenvalue weighted by molar-refractivity contribution is 5.69. The van der Waals surface area contributed by atoms with Gasteiger partial charge in [0.1, 0.15) is 0 Å². The summed E-state index contributed by atoms with van der Waals surface area (Å²) in [5.41, 5.74) is -0.194. The van der Waals surface area contributed by atoms with Crippen LogP contribution < -0.4 is 0 Å². The Kier molecular flexibility index (Phi) is 4.11. The number of esters is 1. The smallest absolute Gasteiger partial charge is 0.308 e. The maximum absolute atomic E-state index is 11.0. The monoisotopic (exact) mass is 216 g/mol. The average Bonchev–Trinajstić information content (AvgIpc) is 2.16. The number of hydrogen-bond donors (Lipinski definition) is 1. The van der Waals surface area contributed by atoms with Crippen LogP contribution in [0.3, 0.4) is 0 Å². The van der Waals surface area contributed by atoms with Crippen LogP contribution in [0.25, 0.3) is 0 Å². The van der Waals surface area contributed by atoms with Crippen LogP contribution in [-0.4, -0.2) is 36.5 Å². The molecular weight excluding hydrogens is 196 g/mol. The van der Waals surface area contributed by atoms with Gasteiger partial charge in [0.2, 0.25) is 0 Å². The van der Waals surface area contributed by atoms with Crippen LogP contribution in [0.4, 0.5) is 0 Å². The third-order valence-electron chi connectivity index (χ3n) is 2.88. The molecule has 0 aliphatic carbocycles. The normalized spacial score (nSPS) is 27.1. The standard InChI is InChI=1S/C11H20O4/c1-11(2)7-8(4-5-15-11)9(12)6-10(13)14-3/h8-9,12H,4-7H2,1-3H3. The Hall–Kier alpha value is -0.610. The first-order valence-corrected chi connectivity index (χ1v) is 5.33. The summed E-state index contributed by atoms with van der Waals surface area (Å²) in [4.78, 5) is 11.0. The Morgan fingerprint density at radius 3 is 2.87 bits per heavy atom. The molecule has 0 aromatic rings. The number of aliphatic hydroxyl groups is 1. The fourth-order valence-electron chi connectivity index (χ4n) is 2.03. The molecule has 1 heterocycles. The fourth-order valence-corrected chi connectivity index (χ4v) is 2.03. The molecule has 4 heteroatoms. The summed E-state index contributed by atoms with van der Waals surface area (Å²) in [6.45, 7) is 4.66. The van der Waals surface area contributed by atoms with Crippen molar-refractivity contribution in [2.24, 2.45) is 5.92 Å². The minimum absolute atomic E-state index is 0.0806. The van der Waals surface area contributed by atoms with Gasteiger partial charge in [0, 0.05) is 6.61 Å². The molecule has 1 aliphatic heterocycles. The topological polar surface area (TPSA) is 55.8 Å². The van der Waals surface area contributed by atoms with Crippen LogP contribution >= 0.6 is 0 Å². The molecular formula is C11H20O4. The number of carbonyl (C=O) groups excluding carboxylic acids is 1. The van der Waals surface area contributed by atoms with Crippen LogP contribution in [0.1, 0.15) is 33.1 Å². The van der Waals surface area contributed by atoms with Crippen molar-refractivity contribution in [3.63, 3.8) is 0 Å². The molecule has 1 fully saturated rings. The minimum atomic E-state index is -0.611. The molecule has 1 saturated heterocycles. The lowest BCUT2D eigenvalue weighted by Gasteiger charge is -2.37. The zero-order valence-corrected chi connectivity index (χ0v) is 9.66. The van der Waals surface area contributed by atoms with Gasteiger partial charge in [-0.1, -0.05) is 0 Å². The summed E-state index contributed by atoms with van der Waals surface area (Å²) in [5.74, 6) is -0.223. The van der Waals surface area contributed by atoms with Crippen LogP contribution in [-0.2, 0) is 14.3 Å². The predicted molar refractivity (Wildman–Crippen MR) is 55.4 cm³/mol. The fraction of sp³-hybridized carbons (Fsp3) is 0.909. The van der Waals surface area contributed by atoms with Gasteiger partial charge in [-0.3, -0.25) is 4.79 Å². The first-order valence-electron chi connectivity index (χ1n) is 5.33. The number of rotatable bonds is 3. The Bertz CT molecular complexity index is 225. The molecule has 0 bridgehead atoms. The maximum atomic E-state index is 11.0. The van der Waals surface area contributed by atoms with Crippen molar-refractivity contribution in [1.29, 1.82) is 0 Å². The van der Waals surface area contributed by atoms with Crippen LogP contribution in [0.5, 0.6) is 0 Å². The molecule has 0 spiro atoms. The van der Waals surface area contributed by atoms with Crippen molar-refractivity contribution in [3.05, 3.63) is 0 Å². The molecule has 0 saturated carbocycles. The first-order chi connectivity index (χ1) is 6.94. The lowest BCUT2D eigenvalue weighted by atomic mass is 9.84. The first kappa shape index (κ1) is 12.5. The Labute approximate surface area is 90.6 Å². The van der Waals surface area contributed by atoms with Crippen molar-refractivity contribution in [3.8, 4) is 0 Å². The molecule has 1 N–H and O–H groups in total. The summed E-state index contributed by atoms with van der Waals surface area (Å²) in [5, 5.41) is 9.85. The van der Waals surface area contributed by atoms with E-state index in [9.17, 15) is 9.90 Å². The third-order valence-corrected chi connectivity index (χ3v) is 2.88. The second kappa shape index (κ2) is 4.94. The van der Waals surface area contributed by atoms with Crippen LogP contribution in [0.15, 0.2) is 0 Å². The Morgan fingerprint density at radius 1 is 1.67 bits per heavy atom. The maximum Gasteiger partial charge on any atom is 0.308 e. The molecule has 0 radical (unpaired) electrons. The van der Waals surface area contributed by atoms with Gasteiger partial charge < -0.3 is 14.6 Å². The SMILES string of the molecule is COC(=O)CC(O)C1CCOC(C)(C)C1. The molecule has 2 unspecified atom stereocenters. The summed E-state index contributed by atoms with van der Waals surface area (Å²) < 4.78 is 10.1. The summed E-state index contributed by atoms with van der Waals surface area (Å²) >= 11 is 0. The Morgan fingerprint density at radius 2 is 2.33 bits per heavy atom. The molecule has 0 aromatic heterocycles. The highest BCUT2D eigenvalue weighted by Crippen LogP contribution is 2.31. The number of hydrogen-bond acceptors (Lipinski definition) is 4. The van der Waals surface area contributed by atoms with Crippen molar-refractivity contribution in [2.45, 2.75) is 44.8 Å². The lowest BCUT2D eigenvalue weighted by molar-refractivity contribution is -0.146. The predicted octanol–water partition coefficient (Wildman–Crippen LogP) is 1.12. The number of ether oxygens (including phenoxy) is 2. The van der Waals surface area contributed by atoms with Gasteiger partial charge in [0.25, 0.3) is 0 Å². The number of carbonyl (C=O) groups is 1. The van der Waals surface area contributed by atoms with E-state index in [1.54, 1.807) is 0 Å². The largest absolute Gasteiger partial charge is 0.469 e. The van der Waals surface area contributed by atoms with Crippen molar-refractivity contribution < 1.29 is 19.4 Å². The molecule has 0 aromatic carbocycles. The van der Waals surface area contributed by atoms with E-state index in [4.69, 9.17) is 4.74 Å². The molecule has 88 valence electrons. The lowest BCUT2D eigenvalue weighted by Crippen LogP contribution is -2.39. The van der Waals surface area contributed by atoms with Gasteiger partial charge in [0.15, 0.2) is 0 Å². The molecule has 1 aliphatic rings. The second-order valence-corrected chi connectivity index (χ2v) is 4.71. The highest BCUT2D eigenvalue weighted by Gasteiger charge is 2.33. The van der Waals surface area contributed by atoms with E-state index >= 15 is 0 Å². The van der Waals surface area contributed by atoms with Gasteiger partial charge in [-0.05, 0) is 32.6 Å². The molecule has 4 nitrogen and oxygen atoms in total. The molecule has 2 atom stereocenters. The van der Waals surface area contributed by atoms with Gasteiger partial charge >= 0.3 is 5.97 Å². The van der Waals surface area contributed by atoms with Crippen molar-refractivity contribution in [2.75, 3.05) is 13.7 Å². The Balaban J connectivity index is 2.45. The van der Waals surface area contributed by atoms with E-state index in [1.165, 1.54) is 7.11 Å². The summed E-state index contributed by atoms with van der Waals surface area (Å²) in [6, 6.07) is 0. The molecule has 1 rings (SSSR count). The second-order valence-electron chi connectivity index (χ2n) is 4.71. The van der Waals surface area contributed by atoms with Crippen molar-refractivity contribution in [1.82, 2.24) is 0 Å². The zero-order chi connectivity index (χ0) is 11.5. The van der Waals surface area contributed by atoms with Gasteiger partial charge in [0.05, 0.1) is 25.2 Å². The van der Waals surface area contributed by atoms with Gasteiger partial charge in [-0.2, -0.15) is 0 Å². The number of methoxy groups -OCH3 is 1. The van der Waals surface area contributed by atoms with E-state index in [-0.39, 0.29) is 23.9 Å². The van der Waals surface area contributed by atoms with Crippen LogP contribution in [0, 0.1) is 5.92 Å². The van der Waals surface area contributed by atoms with E-state index in [0.29, 0.717) is 6.61 Å². The summed E-state index contributed by atoms with van der Waals surface area (Å²) in [6.07, 6.45) is 1.06. The summed E-state index contributed by atoms with van der Waals surface area (Å²) in [7, 11) is 1.34. The van der Waals surface area contributed by atoms with Gasteiger partial charge in [-0.25, -0.2) is 0 Å². The third kappa shape index (κ3) is 3.80. The molecule has 15 heavy (non-hydrogen) atoms. The van der Waals surface area contributed by atoms with E-state index in [2.05, 4.69) is 4.74 Å². The van der Waals surface area contributed by atoms with E-state index < -0.39 is 6.10 Å². The van der Waals surface area contributed by atoms with Gasteiger partial charge in [-0.15, -0.1) is 0 Å².